The van der Waals surface area contributed by atoms with E-state index in [0.29, 0.717) is 5.75 Å². The largest absolute Gasteiger partial charge is 0.426 e. The van der Waals surface area contributed by atoms with Gasteiger partial charge in [-0.1, -0.05) is 17.7 Å². The maximum atomic E-state index is 12.1. The number of thiophene rings is 1. The topological polar surface area (TPSA) is 39.2 Å². The van der Waals surface area contributed by atoms with Crippen LogP contribution < -0.4 is 4.74 Å². The molecule has 0 fully saturated rings. The highest BCUT2D eigenvalue weighted by molar-refractivity contribution is 7.14. The molecule has 0 atom stereocenters. The zero-order chi connectivity index (χ0) is 15.5. The quantitative estimate of drug-likeness (QED) is 0.517. The van der Waals surface area contributed by atoms with E-state index >= 15 is 0 Å². The van der Waals surface area contributed by atoms with Crippen LogP contribution in [0.3, 0.4) is 0 Å². The molecule has 112 valence electrons. The molecule has 22 heavy (non-hydrogen) atoms. The Bertz CT molecular complexity index is 791. The molecule has 3 nitrogen and oxygen atoms in total. The number of aromatic nitrogens is 1. The molecule has 0 aliphatic carbocycles. The molecule has 3 aromatic rings. The Kier molecular flexibility index (Phi) is 4.36. The summed E-state index contributed by atoms with van der Waals surface area (Å²) >= 11 is 3.19. The van der Waals surface area contributed by atoms with Crippen molar-refractivity contribution in [1.29, 1.82) is 0 Å². The van der Waals surface area contributed by atoms with Crippen molar-refractivity contribution in [3.63, 3.8) is 0 Å². The van der Waals surface area contributed by atoms with E-state index in [0.717, 1.165) is 27.4 Å². The summed E-state index contributed by atoms with van der Waals surface area (Å²) < 4.78 is 5.43. The van der Waals surface area contributed by atoms with Crippen molar-refractivity contribution in [2.24, 2.45) is 0 Å². The standard InChI is InChI=1S/C17H15NO2S2/c1-11-3-4-15(12(2)7-11)20-16(19)8-14-10-22-17(18-14)13-5-6-21-9-13/h3-7,9-10H,8H2,1-2H3. The van der Waals surface area contributed by atoms with Crippen molar-refractivity contribution < 1.29 is 9.53 Å². The second-order valence-electron chi connectivity index (χ2n) is 5.08. The number of esters is 1. The second kappa shape index (κ2) is 6.42. The number of carbonyl (C=O) groups excluding carboxylic acids is 1. The van der Waals surface area contributed by atoms with Gasteiger partial charge in [0.25, 0.3) is 0 Å². The summed E-state index contributed by atoms with van der Waals surface area (Å²) in [5, 5.41) is 6.92. The fourth-order valence-electron chi connectivity index (χ4n) is 2.13. The van der Waals surface area contributed by atoms with Gasteiger partial charge in [-0.3, -0.25) is 4.79 Å². The van der Waals surface area contributed by atoms with Crippen LogP contribution in [0.25, 0.3) is 10.6 Å². The van der Waals surface area contributed by atoms with Crippen molar-refractivity contribution in [3.05, 3.63) is 57.2 Å². The molecule has 0 amide bonds. The zero-order valence-corrected chi connectivity index (χ0v) is 14.0. The fourth-order valence-corrected chi connectivity index (χ4v) is 3.66. The molecule has 0 unspecified atom stereocenters. The van der Waals surface area contributed by atoms with Crippen molar-refractivity contribution in [2.75, 3.05) is 0 Å². The van der Waals surface area contributed by atoms with E-state index in [1.807, 2.05) is 48.9 Å². The second-order valence-corrected chi connectivity index (χ2v) is 6.71. The van der Waals surface area contributed by atoms with E-state index in [1.54, 1.807) is 22.7 Å². The highest BCUT2D eigenvalue weighted by atomic mass is 32.1. The fraction of sp³-hybridized carbons (Fsp3) is 0.176. The van der Waals surface area contributed by atoms with Gasteiger partial charge >= 0.3 is 5.97 Å². The van der Waals surface area contributed by atoms with Crippen LogP contribution in [0, 0.1) is 13.8 Å². The Balaban J connectivity index is 1.67. The van der Waals surface area contributed by atoms with Gasteiger partial charge in [-0.15, -0.1) is 11.3 Å². The molecule has 0 N–H and O–H groups in total. The van der Waals surface area contributed by atoms with E-state index in [2.05, 4.69) is 10.4 Å². The first kappa shape index (κ1) is 14.9. The monoisotopic (exact) mass is 329 g/mol. The average molecular weight is 329 g/mol. The number of carbonyl (C=O) groups is 1. The average Bonchev–Trinajstić information content (AvgIpc) is 3.12. The highest BCUT2D eigenvalue weighted by Crippen LogP contribution is 2.26. The molecule has 0 aliphatic rings. The van der Waals surface area contributed by atoms with Gasteiger partial charge in [-0.2, -0.15) is 11.3 Å². The third kappa shape index (κ3) is 3.43. The summed E-state index contributed by atoms with van der Waals surface area (Å²) in [6, 6.07) is 7.80. The van der Waals surface area contributed by atoms with E-state index in [1.165, 1.54) is 0 Å². The van der Waals surface area contributed by atoms with Crippen LogP contribution in [0.5, 0.6) is 5.75 Å². The molecule has 0 aliphatic heterocycles. The van der Waals surface area contributed by atoms with Crippen LogP contribution in [0.4, 0.5) is 0 Å². The Labute approximate surface area is 137 Å². The molecule has 0 spiro atoms. The number of ether oxygens (including phenoxy) is 1. The van der Waals surface area contributed by atoms with Crippen molar-refractivity contribution >= 4 is 28.6 Å². The first-order valence-electron chi connectivity index (χ1n) is 6.87. The third-order valence-electron chi connectivity index (χ3n) is 3.20. The minimum absolute atomic E-state index is 0.188. The molecule has 2 heterocycles. The SMILES string of the molecule is Cc1ccc(OC(=O)Cc2csc(-c3ccsc3)n2)c(C)c1. The number of nitrogens with zero attached hydrogens (tertiary/aromatic N) is 1. The molecular formula is C17H15NO2S2. The normalized spacial score (nSPS) is 10.6. The number of benzene rings is 1. The van der Waals surface area contributed by atoms with Crippen LogP contribution in [0.1, 0.15) is 16.8 Å². The van der Waals surface area contributed by atoms with E-state index in [9.17, 15) is 4.79 Å². The summed E-state index contributed by atoms with van der Waals surface area (Å²) in [7, 11) is 0. The lowest BCUT2D eigenvalue weighted by atomic mass is 10.1. The van der Waals surface area contributed by atoms with Crippen LogP contribution in [0.15, 0.2) is 40.4 Å². The Morgan fingerprint density at radius 1 is 1.23 bits per heavy atom. The predicted molar refractivity (Wildman–Crippen MR) is 90.7 cm³/mol. The number of hydrogen-bond acceptors (Lipinski definition) is 5. The van der Waals surface area contributed by atoms with Crippen molar-refractivity contribution in [1.82, 2.24) is 4.98 Å². The van der Waals surface area contributed by atoms with Crippen LogP contribution in [0.2, 0.25) is 0 Å². The van der Waals surface area contributed by atoms with Gasteiger partial charge < -0.3 is 4.74 Å². The smallest absolute Gasteiger partial charge is 0.317 e. The van der Waals surface area contributed by atoms with E-state index < -0.39 is 0 Å². The number of rotatable bonds is 4. The molecular weight excluding hydrogens is 314 g/mol. The lowest BCUT2D eigenvalue weighted by molar-refractivity contribution is -0.133. The minimum atomic E-state index is -0.283. The zero-order valence-electron chi connectivity index (χ0n) is 12.3. The van der Waals surface area contributed by atoms with E-state index in [-0.39, 0.29) is 12.4 Å². The first-order chi connectivity index (χ1) is 10.6. The number of thiazole rings is 1. The molecule has 0 bridgehead atoms. The molecule has 2 aromatic heterocycles. The summed E-state index contributed by atoms with van der Waals surface area (Å²) in [5.74, 6) is 0.331. The number of hydrogen-bond donors (Lipinski definition) is 0. The molecule has 0 saturated carbocycles. The van der Waals surface area contributed by atoms with Crippen LogP contribution >= 0.6 is 22.7 Å². The summed E-state index contributed by atoms with van der Waals surface area (Å²) in [6.45, 7) is 3.95. The van der Waals surface area contributed by atoms with Gasteiger partial charge in [-0.05, 0) is 36.9 Å². The summed E-state index contributed by atoms with van der Waals surface area (Å²) in [6.07, 6.45) is 0.188. The van der Waals surface area contributed by atoms with Gasteiger partial charge in [0.15, 0.2) is 0 Å². The lowest BCUT2D eigenvalue weighted by Crippen LogP contribution is -2.12. The van der Waals surface area contributed by atoms with Gasteiger partial charge in [0.05, 0.1) is 12.1 Å². The Morgan fingerprint density at radius 3 is 2.82 bits per heavy atom. The summed E-state index contributed by atoms with van der Waals surface area (Å²) in [5.41, 5.74) is 3.97. The van der Waals surface area contributed by atoms with Gasteiger partial charge in [0.1, 0.15) is 10.8 Å². The van der Waals surface area contributed by atoms with E-state index in [4.69, 9.17) is 4.74 Å². The van der Waals surface area contributed by atoms with Crippen molar-refractivity contribution in [2.45, 2.75) is 20.3 Å². The van der Waals surface area contributed by atoms with Crippen molar-refractivity contribution in [3.8, 4) is 16.3 Å². The first-order valence-corrected chi connectivity index (χ1v) is 8.69. The minimum Gasteiger partial charge on any atom is -0.426 e. The summed E-state index contributed by atoms with van der Waals surface area (Å²) in [4.78, 5) is 16.6. The van der Waals surface area contributed by atoms with Gasteiger partial charge in [0, 0.05) is 16.3 Å². The lowest BCUT2D eigenvalue weighted by Gasteiger charge is -2.07. The van der Waals surface area contributed by atoms with Crippen LogP contribution in [-0.2, 0) is 11.2 Å². The van der Waals surface area contributed by atoms with Crippen LogP contribution in [-0.4, -0.2) is 11.0 Å². The maximum Gasteiger partial charge on any atom is 0.317 e. The highest BCUT2D eigenvalue weighted by Gasteiger charge is 2.12. The predicted octanol–water partition coefficient (Wildman–Crippen LogP) is 4.64. The third-order valence-corrected chi connectivity index (χ3v) is 4.82. The molecule has 5 heteroatoms. The maximum absolute atomic E-state index is 12.1. The van der Waals surface area contributed by atoms with Gasteiger partial charge in [-0.25, -0.2) is 4.98 Å². The number of aryl methyl sites for hydroxylation is 2. The van der Waals surface area contributed by atoms with Gasteiger partial charge in [0.2, 0.25) is 0 Å². The molecule has 0 saturated heterocycles. The molecule has 0 radical (unpaired) electrons. The molecule has 1 aromatic carbocycles. The Morgan fingerprint density at radius 2 is 2.09 bits per heavy atom. The Hall–Kier alpha value is -1.98. The molecule has 3 rings (SSSR count).